The van der Waals surface area contributed by atoms with Crippen LogP contribution >= 0.6 is 0 Å². The SMILES string of the molecule is C1CCCCCCCOCCCCCCC1. The summed E-state index contributed by atoms with van der Waals surface area (Å²) in [5.74, 6) is 0. The van der Waals surface area contributed by atoms with Crippen molar-refractivity contribution in [3.8, 4) is 0 Å². The quantitative estimate of drug-likeness (QED) is 0.559. The van der Waals surface area contributed by atoms with Crippen molar-refractivity contribution in [3.63, 3.8) is 0 Å². The zero-order chi connectivity index (χ0) is 11.3. The van der Waals surface area contributed by atoms with Gasteiger partial charge in [0.05, 0.1) is 0 Å². The molecule has 0 bridgehead atoms. The van der Waals surface area contributed by atoms with Crippen molar-refractivity contribution >= 4 is 0 Å². The van der Waals surface area contributed by atoms with E-state index in [0.29, 0.717) is 0 Å². The lowest BCUT2D eigenvalue weighted by Gasteiger charge is -2.06. The first-order valence-electron chi connectivity index (χ1n) is 7.58. The number of ether oxygens (including phenoxy) is 1. The molecular weight excluding hydrogens is 196 g/mol. The summed E-state index contributed by atoms with van der Waals surface area (Å²) in [5, 5.41) is 0. The summed E-state index contributed by atoms with van der Waals surface area (Å²) in [6.07, 6.45) is 18.4. The van der Waals surface area contributed by atoms with E-state index in [2.05, 4.69) is 0 Å². The molecule has 0 unspecified atom stereocenters. The molecule has 0 amide bonds. The number of rotatable bonds is 0. The molecule has 0 N–H and O–H groups in total. The summed E-state index contributed by atoms with van der Waals surface area (Å²) >= 11 is 0. The van der Waals surface area contributed by atoms with Crippen LogP contribution in [-0.4, -0.2) is 13.2 Å². The molecule has 1 rings (SSSR count). The summed E-state index contributed by atoms with van der Waals surface area (Å²) in [7, 11) is 0. The molecule has 0 spiro atoms. The minimum Gasteiger partial charge on any atom is -0.381 e. The Morgan fingerprint density at radius 3 is 0.875 bits per heavy atom. The first kappa shape index (κ1) is 14.0. The van der Waals surface area contributed by atoms with Gasteiger partial charge < -0.3 is 4.74 Å². The van der Waals surface area contributed by atoms with E-state index in [1.807, 2.05) is 0 Å². The van der Waals surface area contributed by atoms with Crippen LogP contribution in [0, 0.1) is 0 Å². The minimum atomic E-state index is 1.00. The van der Waals surface area contributed by atoms with Crippen molar-refractivity contribution in [1.82, 2.24) is 0 Å². The summed E-state index contributed by atoms with van der Waals surface area (Å²) in [6, 6.07) is 0. The van der Waals surface area contributed by atoms with Crippen LogP contribution in [0.5, 0.6) is 0 Å². The fourth-order valence-corrected chi connectivity index (χ4v) is 2.45. The molecule has 0 saturated carbocycles. The Morgan fingerprint density at radius 1 is 0.312 bits per heavy atom. The Balaban J connectivity index is 2.00. The smallest absolute Gasteiger partial charge is 0.0466 e. The van der Waals surface area contributed by atoms with Gasteiger partial charge in [-0.3, -0.25) is 0 Å². The fourth-order valence-electron chi connectivity index (χ4n) is 2.45. The molecule has 0 aromatic rings. The predicted octanol–water partition coefficient (Wildman–Crippen LogP) is 5.09. The van der Waals surface area contributed by atoms with Gasteiger partial charge in [0.25, 0.3) is 0 Å². The van der Waals surface area contributed by atoms with E-state index in [-0.39, 0.29) is 0 Å². The molecule has 1 aliphatic rings. The average molecular weight is 226 g/mol. The van der Waals surface area contributed by atoms with E-state index in [9.17, 15) is 0 Å². The summed E-state index contributed by atoms with van der Waals surface area (Å²) in [6.45, 7) is 2.00. The number of hydrogen-bond acceptors (Lipinski definition) is 1. The summed E-state index contributed by atoms with van der Waals surface area (Å²) < 4.78 is 5.63. The van der Waals surface area contributed by atoms with E-state index >= 15 is 0 Å². The minimum absolute atomic E-state index is 1.00. The first-order valence-corrected chi connectivity index (χ1v) is 7.58. The normalized spacial score (nSPS) is 24.0. The van der Waals surface area contributed by atoms with Gasteiger partial charge in [-0.15, -0.1) is 0 Å². The monoisotopic (exact) mass is 226 g/mol. The van der Waals surface area contributed by atoms with Gasteiger partial charge in [0.1, 0.15) is 0 Å². The summed E-state index contributed by atoms with van der Waals surface area (Å²) in [4.78, 5) is 0. The highest BCUT2D eigenvalue weighted by Gasteiger charge is 1.96. The van der Waals surface area contributed by atoms with Gasteiger partial charge >= 0.3 is 0 Å². The molecule has 0 radical (unpaired) electrons. The van der Waals surface area contributed by atoms with Crippen LogP contribution in [-0.2, 0) is 4.74 Å². The van der Waals surface area contributed by atoms with Crippen molar-refractivity contribution in [3.05, 3.63) is 0 Å². The van der Waals surface area contributed by atoms with Gasteiger partial charge in [0, 0.05) is 13.2 Å². The number of hydrogen-bond donors (Lipinski definition) is 0. The highest BCUT2D eigenvalue weighted by Crippen LogP contribution is 2.13. The molecule has 1 heteroatoms. The zero-order valence-electron chi connectivity index (χ0n) is 11.0. The van der Waals surface area contributed by atoms with E-state index in [4.69, 9.17) is 4.74 Å². The lowest BCUT2D eigenvalue weighted by molar-refractivity contribution is 0.125. The molecule has 1 fully saturated rings. The van der Waals surface area contributed by atoms with Crippen LogP contribution in [0.2, 0.25) is 0 Å². The van der Waals surface area contributed by atoms with E-state index in [0.717, 1.165) is 13.2 Å². The second-order valence-electron chi connectivity index (χ2n) is 5.21. The molecule has 96 valence electrons. The maximum Gasteiger partial charge on any atom is 0.0466 e. The van der Waals surface area contributed by atoms with E-state index in [1.165, 1.54) is 83.5 Å². The second kappa shape index (κ2) is 11.4. The van der Waals surface area contributed by atoms with Crippen LogP contribution < -0.4 is 0 Å². The topological polar surface area (TPSA) is 9.23 Å². The Hall–Kier alpha value is -0.0400. The molecule has 0 aromatic heterocycles. The molecule has 16 heavy (non-hydrogen) atoms. The highest BCUT2D eigenvalue weighted by molar-refractivity contribution is 4.50. The van der Waals surface area contributed by atoms with Crippen LogP contribution in [0.15, 0.2) is 0 Å². The van der Waals surface area contributed by atoms with Gasteiger partial charge in [-0.1, -0.05) is 70.6 Å². The van der Waals surface area contributed by atoms with Crippen LogP contribution in [0.3, 0.4) is 0 Å². The summed E-state index contributed by atoms with van der Waals surface area (Å²) in [5.41, 5.74) is 0. The third-order valence-corrected chi connectivity index (χ3v) is 3.58. The van der Waals surface area contributed by atoms with Crippen LogP contribution in [0.4, 0.5) is 0 Å². The van der Waals surface area contributed by atoms with Crippen molar-refractivity contribution in [2.45, 2.75) is 83.5 Å². The third-order valence-electron chi connectivity index (χ3n) is 3.58. The highest BCUT2D eigenvalue weighted by atomic mass is 16.5. The Bertz CT molecular complexity index is 69.4. The molecule has 0 atom stereocenters. The van der Waals surface area contributed by atoms with Crippen molar-refractivity contribution < 1.29 is 4.74 Å². The lowest BCUT2D eigenvalue weighted by atomic mass is 10.0. The molecule has 1 heterocycles. The molecule has 0 aromatic carbocycles. The van der Waals surface area contributed by atoms with Gasteiger partial charge in [-0.25, -0.2) is 0 Å². The van der Waals surface area contributed by atoms with Crippen LogP contribution in [0.25, 0.3) is 0 Å². The van der Waals surface area contributed by atoms with Crippen molar-refractivity contribution in [2.75, 3.05) is 13.2 Å². The van der Waals surface area contributed by atoms with Gasteiger partial charge in [-0.2, -0.15) is 0 Å². The third kappa shape index (κ3) is 9.21. The Morgan fingerprint density at radius 2 is 0.562 bits per heavy atom. The predicted molar refractivity (Wildman–Crippen MR) is 70.8 cm³/mol. The first-order chi connectivity index (χ1) is 8.00. The van der Waals surface area contributed by atoms with Crippen molar-refractivity contribution in [2.24, 2.45) is 0 Å². The molecule has 1 nitrogen and oxygen atoms in total. The second-order valence-corrected chi connectivity index (χ2v) is 5.21. The standard InChI is InChI=1S/C15H30O/c1-2-4-6-8-10-12-14-16-15-13-11-9-7-5-3-1/h1-15H2. The van der Waals surface area contributed by atoms with Crippen molar-refractivity contribution in [1.29, 1.82) is 0 Å². The Labute approximate surface area is 102 Å². The fraction of sp³-hybridized carbons (Fsp3) is 1.00. The largest absolute Gasteiger partial charge is 0.381 e. The van der Waals surface area contributed by atoms with E-state index in [1.54, 1.807) is 0 Å². The molecule has 1 aliphatic heterocycles. The lowest BCUT2D eigenvalue weighted by Crippen LogP contribution is -1.97. The van der Waals surface area contributed by atoms with Gasteiger partial charge in [0.15, 0.2) is 0 Å². The molecular formula is C15H30O. The Kier molecular flexibility index (Phi) is 10.0. The zero-order valence-corrected chi connectivity index (χ0v) is 11.0. The maximum atomic E-state index is 5.63. The van der Waals surface area contributed by atoms with Gasteiger partial charge in [0.2, 0.25) is 0 Å². The molecule has 1 saturated heterocycles. The van der Waals surface area contributed by atoms with Gasteiger partial charge in [-0.05, 0) is 12.8 Å². The maximum absolute atomic E-state index is 5.63. The van der Waals surface area contributed by atoms with E-state index < -0.39 is 0 Å². The molecule has 0 aliphatic carbocycles. The van der Waals surface area contributed by atoms with Crippen LogP contribution in [0.1, 0.15) is 83.5 Å². The average Bonchev–Trinajstić information content (AvgIpc) is 2.29.